The fourth-order valence-corrected chi connectivity index (χ4v) is 2.22. The van der Waals surface area contributed by atoms with Crippen molar-refractivity contribution in [3.63, 3.8) is 0 Å². The van der Waals surface area contributed by atoms with Gasteiger partial charge < -0.3 is 15.4 Å². The van der Waals surface area contributed by atoms with Gasteiger partial charge in [-0.1, -0.05) is 6.07 Å². The third-order valence-corrected chi connectivity index (χ3v) is 3.56. The van der Waals surface area contributed by atoms with Crippen molar-refractivity contribution in [3.05, 3.63) is 77.9 Å². The van der Waals surface area contributed by atoms with E-state index in [1.165, 1.54) is 37.7 Å². The predicted molar refractivity (Wildman–Crippen MR) is 97.4 cm³/mol. The van der Waals surface area contributed by atoms with Crippen LogP contribution in [-0.4, -0.2) is 29.0 Å². The van der Waals surface area contributed by atoms with Gasteiger partial charge in [0, 0.05) is 23.8 Å². The largest absolute Gasteiger partial charge is 0.465 e. The van der Waals surface area contributed by atoms with Crippen molar-refractivity contribution < 1.29 is 18.7 Å². The Hall–Kier alpha value is -3.81. The first-order valence-electron chi connectivity index (χ1n) is 7.89. The standard InChI is InChI=1S/C19H15FN4O3/c1-27-18(26)12-3-2-4-16(9-12)23-17(25)13-10-21-19(22-11-13)24-15-7-5-14(20)6-8-15/h2-11H,1H3,(H,23,25)(H,21,22,24). The molecule has 3 aromatic rings. The third kappa shape index (κ3) is 4.63. The maximum absolute atomic E-state index is 12.9. The second kappa shape index (κ2) is 8.05. The minimum atomic E-state index is -0.495. The molecule has 0 aliphatic carbocycles. The molecular weight excluding hydrogens is 351 g/mol. The predicted octanol–water partition coefficient (Wildman–Crippen LogP) is 3.40. The smallest absolute Gasteiger partial charge is 0.337 e. The van der Waals surface area contributed by atoms with Crippen LogP contribution in [0.3, 0.4) is 0 Å². The molecule has 0 fully saturated rings. The number of nitrogens with one attached hydrogen (secondary N) is 2. The van der Waals surface area contributed by atoms with Gasteiger partial charge in [-0.25, -0.2) is 19.2 Å². The van der Waals surface area contributed by atoms with Crippen LogP contribution in [-0.2, 0) is 4.74 Å². The molecule has 1 heterocycles. The molecule has 1 amide bonds. The number of carbonyl (C=O) groups excluding carboxylic acids is 2. The first-order valence-corrected chi connectivity index (χ1v) is 7.89. The van der Waals surface area contributed by atoms with E-state index in [0.717, 1.165) is 0 Å². The number of rotatable bonds is 5. The molecule has 0 radical (unpaired) electrons. The van der Waals surface area contributed by atoms with Crippen molar-refractivity contribution in [3.8, 4) is 0 Å². The van der Waals surface area contributed by atoms with Gasteiger partial charge in [0.1, 0.15) is 5.82 Å². The van der Waals surface area contributed by atoms with Gasteiger partial charge in [0.15, 0.2) is 0 Å². The molecule has 0 spiro atoms. The molecule has 0 saturated carbocycles. The summed E-state index contributed by atoms with van der Waals surface area (Å²) in [5, 5.41) is 5.57. The van der Waals surface area contributed by atoms with E-state index < -0.39 is 11.9 Å². The van der Waals surface area contributed by atoms with Crippen molar-refractivity contribution in [2.75, 3.05) is 17.7 Å². The quantitative estimate of drug-likeness (QED) is 0.672. The maximum atomic E-state index is 12.9. The van der Waals surface area contributed by atoms with E-state index in [9.17, 15) is 14.0 Å². The maximum Gasteiger partial charge on any atom is 0.337 e. The Morgan fingerprint density at radius 3 is 2.33 bits per heavy atom. The van der Waals surface area contributed by atoms with E-state index in [0.29, 0.717) is 16.9 Å². The second-order valence-corrected chi connectivity index (χ2v) is 5.45. The normalized spacial score (nSPS) is 10.1. The number of ether oxygens (including phenoxy) is 1. The summed E-state index contributed by atoms with van der Waals surface area (Å²) in [5.74, 6) is -0.994. The number of carbonyl (C=O) groups is 2. The molecule has 0 aliphatic rings. The molecule has 3 rings (SSSR count). The molecule has 0 aliphatic heterocycles. The fourth-order valence-electron chi connectivity index (χ4n) is 2.22. The highest BCUT2D eigenvalue weighted by molar-refractivity contribution is 6.04. The van der Waals surface area contributed by atoms with Crippen LogP contribution in [0.4, 0.5) is 21.7 Å². The Balaban J connectivity index is 1.67. The Bertz CT molecular complexity index is 959. The Labute approximate surface area is 154 Å². The van der Waals surface area contributed by atoms with Crippen LogP contribution in [0.5, 0.6) is 0 Å². The Kier molecular flexibility index (Phi) is 5.36. The van der Waals surface area contributed by atoms with Gasteiger partial charge in [-0.15, -0.1) is 0 Å². The second-order valence-electron chi connectivity index (χ2n) is 5.45. The molecule has 1 aromatic heterocycles. The van der Waals surface area contributed by atoms with Crippen LogP contribution in [0, 0.1) is 5.82 Å². The van der Waals surface area contributed by atoms with E-state index in [1.54, 1.807) is 30.3 Å². The van der Waals surface area contributed by atoms with Crippen LogP contribution in [0.15, 0.2) is 60.9 Å². The third-order valence-electron chi connectivity index (χ3n) is 3.56. The van der Waals surface area contributed by atoms with E-state index in [4.69, 9.17) is 0 Å². The highest BCUT2D eigenvalue weighted by Crippen LogP contribution is 2.15. The molecule has 2 aromatic carbocycles. The molecule has 8 heteroatoms. The van der Waals surface area contributed by atoms with Crippen molar-refractivity contribution in [2.24, 2.45) is 0 Å². The van der Waals surface area contributed by atoms with E-state index in [1.807, 2.05) is 0 Å². The zero-order valence-corrected chi connectivity index (χ0v) is 14.3. The van der Waals surface area contributed by atoms with Gasteiger partial charge in [0.25, 0.3) is 5.91 Å². The molecule has 136 valence electrons. The molecule has 7 nitrogen and oxygen atoms in total. The highest BCUT2D eigenvalue weighted by Gasteiger charge is 2.10. The van der Waals surface area contributed by atoms with Crippen molar-refractivity contribution >= 4 is 29.2 Å². The van der Waals surface area contributed by atoms with E-state index in [-0.39, 0.29) is 17.3 Å². The Morgan fingerprint density at radius 1 is 0.963 bits per heavy atom. The van der Waals surface area contributed by atoms with Gasteiger partial charge in [0.2, 0.25) is 5.95 Å². The summed E-state index contributed by atoms with van der Waals surface area (Å²) in [7, 11) is 1.28. The minimum absolute atomic E-state index is 0.239. The van der Waals surface area contributed by atoms with Gasteiger partial charge in [-0.05, 0) is 42.5 Å². The van der Waals surface area contributed by atoms with Crippen LogP contribution in [0.25, 0.3) is 0 Å². The molecule has 2 N–H and O–H groups in total. The average molecular weight is 366 g/mol. The first-order chi connectivity index (χ1) is 13.0. The number of halogens is 1. The number of methoxy groups -OCH3 is 1. The lowest BCUT2D eigenvalue weighted by Crippen LogP contribution is -2.13. The van der Waals surface area contributed by atoms with Crippen molar-refractivity contribution in [2.45, 2.75) is 0 Å². The monoisotopic (exact) mass is 366 g/mol. The first kappa shape index (κ1) is 18.0. The molecule has 0 atom stereocenters. The van der Waals surface area contributed by atoms with Gasteiger partial charge >= 0.3 is 5.97 Å². The van der Waals surface area contributed by atoms with Crippen molar-refractivity contribution in [1.29, 1.82) is 0 Å². The van der Waals surface area contributed by atoms with Gasteiger partial charge in [-0.2, -0.15) is 0 Å². The molecule has 0 saturated heterocycles. The van der Waals surface area contributed by atoms with Crippen LogP contribution in [0.2, 0.25) is 0 Å². The topological polar surface area (TPSA) is 93.2 Å². The highest BCUT2D eigenvalue weighted by atomic mass is 19.1. The van der Waals surface area contributed by atoms with Crippen molar-refractivity contribution in [1.82, 2.24) is 9.97 Å². The van der Waals surface area contributed by atoms with Crippen LogP contribution >= 0.6 is 0 Å². The summed E-state index contributed by atoms with van der Waals surface area (Å²) in [6, 6.07) is 12.1. The number of nitrogens with zero attached hydrogens (tertiary/aromatic N) is 2. The molecule has 27 heavy (non-hydrogen) atoms. The fraction of sp³-hybridized carbons (Fsp3) is 0.0526. The SMILES string of the molecule is COC(=O)c1cccc(NC(=O)c2cnc(Nc3ccc(F)cc3)nc2)c1. The summed E-state index contributed by atoms with van der Waals surface area (Å²) < 4.78 is 17.6. The summed E-state index contributed by atoms with van der Waals surface area (Å²) in [4.78, 5) is 32.0. The zero-order valence-electron chi connectivity index (χ0n) is 14.3. The molecule has 0 unspecified atom stereocenters. The number of benzene rings is 2. The lowest BCUT2D eigenvalue weighted by atomic mass is 10.2. The number of amides is 1. The van der Waals surface area contributed by atoms with Crippen LogP contribution in [0.1, 0.15) is 20.7 Å². The van der Waals surface area contributed by atoms with Crippen LogP contribution < -0.4 is 10.6 Å². The summed E-state index contributed by atoms with van der Waals surface area (Å²) in [6.07, 6.45) is 2.72. The molecule has 0 bridgehead atoms. The number of esters is 1. The Morgan fingerprint density at radius 2 is 1.67 bits per heavy atom. The summed E-state index contributed by atoms with van der Waals surface area (Å²) in [6.45, 7) is 0. The van der Waals surface area contributed by atoms with Gasteiger partial charge in [0.05, 0.1) is 18.2 Å². The number of anilines is 3. The lowest BCUT2D eigenvalue weighted by molar-refractivity contribution is 0.0600. The lowest BCUT2D eigenvalue weighted by Gasteiger charge is -2.08. The number of hydrogen-bond acceptors (Lipinski definition) is 6. The number of hydrogen-bond donors (Lipinski definition) is 2. The molecular formula is C19H15FN4O3. The minimum Gasteiger partial charge on any atom is -0.465 e. The van der Waals surface area contributed by atoms with E-state index >= 15 is 0 Å². The summed E-state index contributed by atoms with van der Waals surface area (Å²) >= 11 is 0. The average Bonchev–Trinajstić information content (AvgIpc) is 2.70. The van der Waals surface area contributed by atoms with Gasteiger partial charge in [-0.3, -0.25) is 4.79 Å². The summed E-state index contributed by atoms with van der Waals surface area (Å²) in [5.41, 5.74) is 1.62. The number of aromatic nitrogens is 2. The zero-order chi connectivity index (χ0) is 19.2. The van der Waals surface area contributed by atoms with E-state index in [2.05, 4.69) is 25.3 Å².